The van der Waals surface area contributed by atoms with Crippen molar-refractivity contribution in [1.82, 2.24) is 4.90 Å². The highest BCUT2D eigenvalue weighted by atomic mass is 19.1. The molecule has 2 saturated heterocycles. The molecule has 0 unspecified atom stereocenters. The number of hydrogen-bond acceptors (Lipinski definition) is 3. The standard InChI is InChI=1S/C11H18FNO3/c1-10(2,3)16-9(14)13-4-8-5-15-7-11(8,12)6-13/h8H,4-7H2,1-3H3/t8-,11-/m1/s1. The quantitative estimate of drug-likeness (QED) is 0.635. The van der Waals surface area contributed by atoms with E-state index in [2.05, 4.69) is 0 Å². The number of hydrogen-bond donors (Lipinski definition) is 0. The van der Waals surface area contributed by atoms with E-state index in [1.807, 2.05) is 0 Å². The molecule has 0 aromatic carbocycles. The van der Waals surface area contributed by atoms with Crippen LogP contribution in [-0.4, -0.2) is 48.6 Å². The summed E-state index contributed by atoms with van der Waals surface area (Å²) in [5, 5.41) is 0. The van der Waals surface area contributed by atoms with Crippen molar-refractivity contribution < 1.29 is 18.7 Å². The lowest BCUT2D eigenvalue weighted by molar-refractivity contribution is 0.0213. The molecule has 2 aliphatic rings. The van der Waals surface area contributed by atoms with Gasteiger partial charge >= 0.3 is 6.09 Å². The van der Waals surface area contributed by atoms with Crippen molar-refractivity contribution in [3.8, 4) is 0 Å². The molecule has 0 spiro atoms. The van der Waals surface area contributed by atoms with Gasteiger partial charge in [0.15, 0.2) is 5.67 Å². The summed E-state index contributed by atoms with van der Waals surface area (Å²) in [6, 6.07) is 0. The Labute approximate surface area is 94.7 Å². The zero-order valence-corrected chi connectivity index (χ0v) is 9.96. The van der Waals surface area contributed by atoms with E-state index < -0.39 is 17.4 Å². The molecule has 2 rings (SSSR count). The number of carbonyl (C=O) groups is 1. The molecule has 4 nitrogen and oxygen atoms in total. The maximum Gasteiger partial charge on any atom is 0.410 e. The van der Waals surface area contributed by atoms with Crippen LogP contribution in [0.5, 0.6) is 0 Å². The van der Waals surface area contributed by atoms with Gasteiger partial charge in [0.2, 0.25) is 0 Å². The number of alkyl halides is 1. The van der Waals surface area contributed by atoms with E-state index in [1.54, 1.807) is 20.8 Å². The van der Waals surface area contributed by atoms with Crippen LogP contribution in [-0.2, 0) is 9.47 Å². The molecule has 0 N–H and O–H groups in total. The van der Waals surface area contributed by atoms with Crippen molar-refractivity contribution in [2.24, 2.45) is 5.92 Å². The highest BCUT2D eigenvalue weighted by Crippen LogP contribution is 2.37. The first-order valence-corrected chi connectivity index (χ1v) is 5.55. The van der Waals surface area contributed by atoms with E-state index in [0.29, 0.717) is 13.2 Å². The first kappa shape index (κ1) is 11.6. The van der Waals surface area contributed by atoms with Crippen molar-refractivity contribution in [3.05, 3.63) is 0 Å². The maximum absolute atomic E-state index is 14.2. The van der Waals surface area contributed by atoms with Gasteiger partial charge in [0.25, 0.3) is 0 Å². The topological polar surface area (TPSA) is 38.8 Å². The number of ether oxygens (including phenoxy) is 2. The molecular weight excluding hydrogens is 213 g/mol. The van der Waals surface area contributed by atoms with Crippen LogP contribution in [0.25, 0.3) is 0 Å². The number of nitrogens with zero attached hydrogens (tertiary/aromatic N) is 1. The summed E-state index contributed by atoms with van der Waals surface area (Å²) in [6.07, 6.45) is -0.432. The van der Waals surface area contributed by atoms with Crippen LogP contribution in [0.2, 0.25) is 0 Å². The van der Waals surface area contributed by atoms with E-state index in [-0.39, 0.29) is 19.1 Å². The Kier molecular flexibility index (Phi) is 2.61. The smallest absolute Gasteiger partial charge is 0.410 e. The molecule has 0 radical (unpaired) electrons. The van der Waals surface area contributed by atoms with Gasteiger partial charge in [-0.05, 0) is 20.8 Å². The zero-order chi connectivity index (χ0) is 12.0. The Morgan fingerprint density at radius 3 is 2.81 bits per heavy atom. The van der Waals surface area contributed by atoms with Crippen LogP contribution in [0.15, 0.2) is 0 Å². The fraction of sp³-hybridized carbons (Fsp3) is 0.909. The normalized spacial score (nSPS) is 34.0. The van der Waals surface area contributed by atoms with Crippen LogP contribution in [0.4, 0.5) is 9.18 Å². The number of halogens is 1. The highest BCUT2D eigenvalue weighted by Gasteiger charge is 2.53. The first-order valence-electron chi connectivity index (χ1n) is 5.55. The minimum absolute atomic E-state index is 0.0899. The van der Waals surface area contributed by atoms with Gasteiger partial charge in [-0.25, -0.2) is 9.18 Å². The van der Waals surface area contributed by atoms with Crippen LogP contribution < -0.4 is 0 Å². The summed E-state index contributed by atoms with van der Waals surface area (Å²) >= 11 is 0. The van der Waals surface area contributed by atoms with Gasteiger partial charge in [-0.3, -0.25) is 0 Å². The molecule has 0 bridgehead atoms. The van der Waals surface area contributed by atoms with Crippen molar-refractivity contribution in [2.45, 2.75) is 32.0 Å². The molecule has 92 valence electrons. The lowest BCUT2D eigenvalue weighted by atomic mass is 9.97. The molecule has 1 amide bonds. The van der Waals surface area contributed by atoms with Gasteiger partial charge in [-0.2, -0.15) is 0 Å². The van der Waals surface area contributed by atoms with Crippen molar-refractivity contribution in [1.29, 1.82) is 0 Å². The summed E-state index contributed by atoms with van der Waals surface area (Å²) in [6.45, 7) is 6.38. The minimum Gasteiger partial charge on any atom is -0.444 e. The third-order valence-electron chi connectivity index (χ3n) is 2.94. The second-order valence-electron chi connectivity index (χ2n) is 5.61. The monoisotopic (exact) mass is 231 g/mol. The SMILES string of the molecule is CC(C)(C)OC(=O)N1C[C@@H]2COC[C@]2(F)C1. The molecule has 2 heterocycles. The summed E-state index contributed by atoms with van der Waals surface area (Å²) in [5.41, 5.74) is -1.90. The van der Waals surface area contributed by atoms with E-state index in [4.69, 9.17) is 9.47 Å². The summed E-state index contributed by atoms with van der Waals surface area (Å²) in [4.78, 5) is 13.2. The Hall–Kier alpha value is -0.840. The van der Waals surface area contributed by atoms with Crippen LogP contribution in [0.3, 0.4) is 0 Å². The van der Waals surface area contributed by atoms with Gasteiger partial charge in [0.05, 0.1) is 19.8 Å². The van der Waals surface area contributed by atoms with Crippen LogP contribution in [0, 0.1) is 5.92 Å². The van der Waals surface area contributed by atoms with Gasteiger partial charge in [-0.1, -0.05) is 0 Å². The van der Waals surface area contributed by atoms with E-state index in [1.165, 1.54) is 4.90 Å². The van der Waals surface area contributed by atoms with Gasteiger partial charge in [-0.15, -0.1) is 0 Å². The molecule has 0 aromatic heterocycles. The summed E-state index contributed by atoms with van der Waals surface area (Å²) in [7, 11) is 0. The summed E-state index contributed by atoms with van der Waals surface area (Å²) in [5.74, 6) is -0.194. The molecule has 5 heteroatoms. The van der Waals surface area contributed by atoms with Crippen LogP contribution in [0.1, 0.15) is 20.8 Å². The number of fused-ring (bicyclic) bond motifs is 1. The first-order chi connectivity index (χ1) is 7.30. The molecule has 0 aromatic rings. The second-order valence-corrected chi connectivity index (χ2v) is 5.61. The lowest BCUT2D eigenvalue weighted by Gasteiger charge is -2.25. The molecule has 2 aliphatic heterocycles. The Bertz CT molecular complexity index is 302. The minimum atomic E-state index is -1.36. The average Bonchev–Trinajstić information content (AvgIpc) is 2.55. The summed E-state index contributed by atoms with van der Waals surface area (Å²) < 4.78 is 24.5. The van der Waals surface area contributed by atoms with Crippen molar-refractivity contribution in [2.75, 3.05) is 26.3 Å². The zero-order valence-electron chi connectivity index (χ0n) is 9.96. The average molecular weight is 231 g/mol. The number of amides is 1. The molecule has 0 aliphatic carbocycles. The van der Waals surface area contributed by atoms with Gasteiger partial charge in [0.1, 0.15) is 5.60 Å². The molecule has 0 saturated carbocycles. The maximum atomic E-state index is 14.2. The third kappa shape index (κ3) is 2.14. The Morgan fingerprint density at radius 1 is 1.56 bits per heavy atom. The second kappa shape index (κ2) is 3.58. The largest absolute Gasteiger partial charge is 0.444 e. The molecule has 2 fully saturated rings. The predicted octanol–water partition coefficient (Wildman–Crippen LogP) is 1.59. The van der Waals surface area contributed by atoms with Crippen molar-refractivity contribution in [3.63, 3.8) is 0 Å². The van der Waals surface area contributed by atoms with E-state index in [0.717, 1.165) is 0 Å². The lowest BCUT2D eigenvalue weighted by Crippen LogP contribution is -2.38. The van der Waals surface area contributed by atoms with E-state index >= 15 is 0 Å². The fourth-order valence-electron chi connectivity index (χ4n) is 2.14. The Morgan fingerprint density at radius 2 is 2.25 bits per heavy atom. The highest BCUT2D eigenvalue weighted by molar-refractivity contribution is 5.68. The van der Waals surface area contributed by atoms with Gasteiger partial charge < -0.3 is 14.4 Å². The third-order valence-corrected chi connectivity index (χ3v) is 2.94. The van der Waals surface area contributed by atoms with Crippen LogP contribution >= 0.6 is 0 Å². The van der Waals surface area contributed by atoms with E-state index in [9.17, 15) is 9.18 Å². The van der Waals surface area contributed by atoms with Gasteiger partial charge in [0, 0.05) is 12.5 Å². The molecule has 2 atom stereocenters. The Balaban J connectivity index is 1.97. The number of carbonyl (C=O) groups excluding carboxylic acids is 1. The molecule has 16 heavy (non-hydrogen) atoms. The predicted molar refractivity (Wildman–Crippen MR) is 56.0 cm³/mol. The molecular formula is C11H18FNO3. The number of likely N-dealkylation sites (tertiary alicyclic amines) is 1. The number of rotatable bonds is 0. The fourth-order valence-corrected chi connectivity index (χ4v) is 2.14. The van der Waals surface area contributed by atoms with Crippen molar-refractivity contribution >= 4 is 6.09 Å².